The maximum atomic E-state index is 13.0. The highest BCUT2D eigenvalue weighted by Crippen LogP contribution is 2.39. The van der Waals surface area contributed by atoms with E-state index in [9.17, 15) is 19.7 Å². The number of rotatable bonds is 9. The van der Waals surface area contributed by atoms with Gasteiger partial charge in [0.25, 0.3) is 5.91 Å². The van der Waals surface area contributed by atoms with Crippen LogP contribution in [0.2, 0.25) is 0 Å². The number of fused-ring (bicyclic) bond motifs is 1. The van der Waals surface area contributed by atoms with E-state index in [1.165, 1.54) is 29.5 Å². The molecule has 1 atom stereocenters. The molecule has 1 aromatic carbocycles. The Morgan fingerprint density at radius 2 is 2.00 bits per heavy atom. The molecule has 1 N–H and O–H groups in total. The standard InChI is InChI=1S/C26H28N2O7S/c1-4-16(3)34-26(30)23-18-7-5-6-8-22(18)36-25(23)27-24(29)21-12-10-17(35-21)14-33-20-11-9-15(2)13-19(20)28(31)32/h9-13,16H,4-8,14H2,1-3H3,(H,27,29). The maximum absolute atomic E-state index is 13.0. The molecule has 0 saturated heterocycles. The Balaban J connectivity index is 1.49. The van der Waals surface area contributed by atoms with Crippen molar-refractivity contribution in [2.45, 2.75) is 65.6 Å². The SMILES string of the molecule is CCC(C)OC(=O)c1c(NC(=O)c2ccc(COc3ccc(C)cc3[N+](=O)[O-])o2)sc2c1CCCC2. The Hall–Kier alpha value is -3.66. The minimum atomic E-state index is -0.506. The number of carbonyl (C=O) groups is 2. The molecule has 0 fully saturated rings. The molecule has 0 saturated carbocycles. The number of nitrogens with zero attached hydrogens (tertiary/aromatic N) is 1. The van der Waals surface area contributed by atoms with Crippen molar-refractivity contribution in [3.05, 3.63) is 73.5 Å². The molecule has 1 aliphatic rings. The molecule has 2 heterocycles. The molecule has 10 heteroatoms. The number of furan rings is 1. The van der Waals surface area contributed by atoms with Gasteiger partial charge >= 0.3 is 11.7 Å². The summed E-state index contributed by atoms with van der Waals surface area (Å²) in [5, 5.41) is 14.6. The van der Waals surface area contributed by atoms with Gasteiger partial charge in [-0.05, 0) is 75.3 Å². The first-order valence-electron chi connectivity index (χ1n) is 11.9. The summed E-state index contributed by atoms with van der Waals surface area (Å²) in [6.07, 6.45) is 4.15. The summed E-state index contributed by atoms with van der Waals surface area (Å²) in [4.78, 5) is 37.8. The van der Waals surface area contributed by atoms with Crippen LogP contribution < -0.4 is 10.1 Å². The second-order valence-electron chi connectivity index (χ2n) is 8.78. The Labute approximate surface area is 212 Å². The number of ether oxygens (including phenoxy) is 2. The molecule has 3 aromatic rings. The number of esters is 1. The van der Waals surface area contributed by atoms with Crippen molar-refractivity contribution in [1.29, 1.82) is 0 Å². The second-order valence-corrected chi connectivity index (χ2v) is 9.88. The lowest BCUT2D eigenvalue weighted by Gasteiger charge is -2.15. The van der Waals surface area contributed by atoms with Gasteiger partial charge < -0.3 is 19.2 Å². The Morgan fingerprint density at radius 3 is 2.75 bits per heavy atom. The monoisotopic (exact) mass is 512 g/mol. The highest BCUT2D eigenvalue weighted by Gasteiger charge is 2.29. The predicted octanol–water partition coefficient (Wildman–Crippen LogP) is 6.22. The zero-order valence-corrected chi connectivity index (χ0v) is 21.2. The van der Waals surface area contributed by atoms with Crippen molar-refractivity contribution in [3.63, 3.8) is 0 Å². The average molecular weight is 513 g/mol. The molecule has 1 amide bonds. The Morgan fingerprint density at radius 1 is 1.22 bits per heavy atom. The van der Waals surface area contributed by atoms with Crippen LogP contribution in [0.15, 0.2) is 34.7 Å². The highest BCUT2D eigenvalue weighted by atomic mass is 32.1. The fraction of sp³-hybridized carbons (Fsp3) is 0.385. The van der Waals surface area contributed by atoms with Gasteiger partial charge in [0.1, 0.15) is 17.4 Å². The van der Waals surface area contributed by atoms with Crippen molar-refractivity contribution < 1.29 is 28.4 Å². The number of hydrogen-bond donors (Lipinski definition) is 1. The van der Waals surface area contributed by atoms with Crippen LogP contribution in [0, 0.1) is 17.0 Å². The minimum absolute atomic E-state index is 0.0413. The third-order valence-corrected chi connectivity index (χ3v) is 7.26. The smallest absolute Gasteiger partial charge is 0.341 e. The molecule has 1 aliphatic carbocycles. The quantitative estimate of drug-likeness (QED) is 0.205. The van der Waals surface area contributed by atoms with Gasteiger partial charge in [-0.2, -0.15) is 0 Å². The van der Waals surface area contributed by atoms with E-state index < -0.39 is 16.8 Å². The number of anilines is 1. The summed E-state index contributed by atoms with van der Waals surface area (Å²) in [5.74, 6) is -0.441. The number of nitro groups is 1. The molecule has 9 nitrogen and oxygen atoms in total. The minimum Gasteiger partial charge on any atom is -0.479 e. The van der Waals surface area contributed by atoms with Gasteiger partial charge in [0.15, 0.2) is 11.5 Å². The van der Waals surface area contributed by atoms with Crippen LogP contribution in [0.3, 0.4) is 0 Å². The molecular weight excluding hydrogens is 484 g/mol. The van der Waals surface area contributed by atoms with E-state index in [1.54, 1.807) is 19.1 Å². The van der Waals surface area contributed by atoms with Gasteiger partial charge in [0.2, 0.25) is 0 Å². The predicted molar refractivity (Wildman–Crippen MR) is 135 cm³/mol. The summed E-state index contributed by atoms with van der Waals surface area (Å²) < 4.78 is 16.8. The van der Waals surface area contributed by atoms with Gasteiger partial charge in [-0.1, -0.05) is 13.0 Å². The summed E-state index contributed by atoms with van der Waals surface area (Å²) in [5.41, 5.74) is 2.00. The number of hydrogen-bond acceptors (Lipinski definition) is 8. The van der Waals surface area contributed by atoms with Gasteiger partial charge in [-0.3, -0.25) is 14.9 Å². The summed E-state index contributed by atoms with van der Waals surface area (Å²) >= 11 is 1.40. The van der Waals surface area contributed by atoms with E-state index in [4.69, 9.17) is 13.9 Å². The molecule has 190 valence electrons. The molecule has 0 bridgehead atoms. The van der Waals surface area contributed by atoms with Gasteiger partial charge in [-0.15, -0.1) is 11.3 Å². The van der Waals surface area contributed by atoms with Gasteiger partial charge in [0.05, 0.1) is 16.6 Å². The van der Waals surface area contributed by atoms with Crippen molar-refractivity contribution in [2.24, 2.45) is 0 Å². The summed E-state index contributed by atoms with van der Waals surface area (Å²) in [6.45, 7) is 5.45. The molecule has 36 heavy (non-hydrogen) atoms. The van der Waals surface area contributed by atoms with Crippen molar-refractivity contribution in [1.82, 2.24) is 0 Å². The zero-order chi connectivity index (χ0) is 25.8. The molecule has 0 aliphatic heterocycles. The van der Waals surface area contributed by atoms with Crippen molar-refractivity contribution in [3.8, 4) is 5.75 Å². The largest absolute Gasteiger partial charge is 0.479 e. The molecule has 0 spiro atoms. The Bertz CT molecular complexity index is 1290. The molecular formula is C26H28N2O7S. The lowest BCUT2D eigenvalue weighted by Crippen LogP contribution is -2.18. The van der Waals surface area contributed by atoms with Crippen LogP contribution in [0.1, 0.15) is 75.8 Å². The van der Waals surface area contributed by atoms with Gasteiger partial charge in [-0.25, -0.2) is 4.79 Å². The number of nitrogens with one attached hydrogen (secondary N) is 1. The number of benzene rings is 1. The zero-order valence-electron chi connectivity index (χ0n) is 20.4. The average Bonchev–Trinajstić information content (AvgIpc) is 3.47. The van der Waals surface area contributed by atoms with Crippen molar-refractivity contribution in [2.75, 3.05) is 5.32 Å². The number of aryl methyl sites for hydroxylation is 2. The second kappa shape index (κ2) is 10.9. The lowest BCUT2D eigenvalue weighted by molar-refractivity contribution is -0.386. The number of amides is 1. The summed E-state index contributed by atoms with van der Waals surface area (Å²) in [6, 6.07) is 7.76. The first kappa shape index (κ1) is 25.4. The third kappa shape index (κ3) is 5.59. The van der Waals surface area contributed by atoms with E-state index in [0.717, 1.165) is 41.7 Å². The maximum Gasteiger partial charge on any atom is 0.341 e. The van der Waals surface area contributed by atoms with E-state index in [0.29, 0.717) is 22.7 Å². The third-order valence-electron chi connectivity index (χ3n) is 6.05. The number of carbonyl (C=O) groups excluding carboxylic acids is 2. The molecule has 0 radical (unpaired) electrons. The first-order chi connectivity index (χ1) is 17.3. The van der Waals surface area contributed by atoms with Crippen LogP contribution in [-0.4, -0.2) is 22.9 Å². The van der Waals surface area contributed by atoms with E-state index >= 15 is 0 Å². The molecule has 4 rings (SSSR count). The van der Waals surface area contributed by atoms with Crippen LogP contribution in [-0.2, 0) is 24.2 Å². The van der Waals surface area contributed by atoms with Crippen molar-refractivity contribution >= 4 is 33.9 Å². The molecule has 1 unspecified atom stereocenters. The van der Waals surface area contributed by atoms with Crippen LogP contribution >= 0.6 is 11.3 Å². The number of nitro benzene ring substituents is 1. The van der Waals surface area contributed by atoms with Crippen LogP contribution in [0.5, 0.6) is 5.75 Å². The lowest BCUT2D eigenvalue weighted by atomic mass is 9.95. The molecule has 2 aromatic heterocycles. The van der Waals surface area contributed by atoms with E-state index in [-0.39, 0.29) is 29.9 Å². The fourth-order valence-electron chi connectivity index (χ4n) is 3.98. The fourth-order valence-corrected chi connectivity index (χ4v) is 5.25. The first-order valence-corrected chi connectivity index (χ1v) is 12.7. The number of thiophene rings is 1. The van der Waals surface area contributed by atoms with E-state index in [1.807, 2.05) is 13.8 Å². The van der Waals surface area contributed by atoms with Gasteiger partial charge in [0, 0.05) is 10.9 Å². The highest BCUT2D eigenvalue weighted by molar-refractivity contribution is 7.17. The van der Waals surface area contributed by atoms with Crippen LogP contribution in [0.25, 0.3) is 0 Å². The van der Waals surface area contributed by atoms with Crippen LogP contribution in [0.4, 0.5) is 10.7 Å². The topological polar surface area (TPSA) is 121 Å². The normalized spacial score (nSPS) is 13.5. The summed E-state index contributed by atoms with van der Waals surface area (Å²) in [7, 11) is 0. The Kier molecular flexibility index (Phi) is 7.73. The van der Waals surface area contributed by atoms with E-state index in [2.05, 4.69) is 5.32 Å².